The Morgan fingerprint density at radius 1 is 1.37 bits per heavy atom. The molecule has 0 saturated heterocycles. The van der Waals surface area contributed by atoms with Crippen LogP contribution in [0.25, 0.3) is 0 Å². The Bertz CT molecular complexity index is 453. The molecule has 2 atom stereocenters. The highest BCUT2D eigenvalue weighted by Gasteiger charge is 2.32. The summed E-state index contributed by atoms with van der Waals surface area (Å²) in [7, 11) is 1.68. The zero-order chi connectivity index (χ0) is 13.8. The third-order valence-corrected chi connectivity index (χ3v) is 4.20. The van der Waals surface area contributed by atoms with Crippen LogP contribution in [-0.4, -0.2) is 18.2 Å². The Hall–Kier alpha value is -1.51. The number of benzene rings is 1. The molecule has 0 aromatic heterocycles. The topological polar surface area (TPSA) is 46.5 Å². The molecule has 3 nitrogen and oxygen atoms in total. The molecule has 1 N–H and O–H groups in total. The highest BCUT2D eigenvalue weighted by atomic mass is 16.5. The van der Waals surface area contributed by atoms with E-state index in [4.69, 9.17) is 4.74 Å². The zero-order valence-electron chi connectivity index (χ0n) is 11.7. The summed E-state index contributed by atoms with van der Waals surface area (Å²) in [6, 6.07) is 6.14. The second-order valence-electron chi connectivity index (χ2n) is 5.26. The predicted molar refractivity (Wildman–Crippen MR) is 74.7 cm³/mol. The molecule has 2 unspecified atom stereocenters. The average Bonchev–Trinajstić information content (AvgIpc) is 2.46. The van der Waals surface area contributed by atoms with E-state index in [2.05, 4.69) is 13.0 Å². The molecule has 0 bridgehead atoms. The molecule has 2 rings (SSSR count). The lowest BCUT2D eigenvalue weighted by Crippen LogP contribution is -2.25. The van der Waals surface area contributed by atoms with Crippen molar-refractivity contribution in [3.8, 4) is 5.75 Å². The Morgan fingerprint density at radius 2 is 2.11 bits per heavy atom. The number of hydrogen-bond donors (Lipinski definition) is 1. The van der Waals surface area contributed by atoms with Gasteiger partial charge >= 0.3 is 5.97 Å². The van der Waals surface area contributed by atoms with Gasteiger partial charge in [0.25, 0.3) is 0 Å². The largest absolute Gasteiger partial charge is 0.496 e. The maximum absolute atomic E-state index is 11.4. The van der Waals surface area contributed by atoms with Gasteiger partial charge in [-0.25, -0.2) is 0 Å². The lowest BCUT2D eigenvalue weighted by molar-refractivity contribution is -0.143. The fourth-order valence-electron chi connectivity index (χ4n) is 3.13. The Labute approximate surface area is 114 Å². The quantitative estimate of drug-likeness (QED) is 0.901. The summed E-state index contributed by atoms with van der Waals surface area (Å²) in [5, 5.41) is 9.37. The van der Waals surface area contributed by atoms with E-state index in [1.165, 1.54) is 0 Å². The minimum Gasteiger partial charge on any atom is -0.496 e. The average molecular weight is 262 g/mol. The van der Waals surface area contributed by atoms with Crippen molar-refractivity contribution in [1.29, 1.82) is 0 Å². The third-order valence-electron chi connectivity index (χ3n) is 4.20. The number of aryl methyl sites for hydroxylation is 1. The minimum atomic E-state index is -0.654. The molecule has 1 aliphatic carbocycles. The van der Waals surface area contributed by atoms with E-state index < -0.39 is 5.97 Å². The maximum Gasteiger partial charge on any atom is 0.307 e. The summed E-state index contributed by atoms with van der Waals surface area (Å²) in [5.74, 6) is 0.168. The summed E-state index contributed by atoms with van der Waals surface area (Å²) >= 11 is 0. The molecule has 1 aliphatic rings. The van der Waals surface area contributed by atoms with Crippen LogP contribution in [0, 0.1) is 5.92 Å². The lowest BCUT2D eigenvalue weighted by atomic mass is 9.75. The minimum absolute atomic E-state index is 0.155. The highest BCUT2D eigenvalue weighted by molar-refractivity contribution is 5.71. The van der Waals surface area contributed by atoms with Gasteiger partial charge in [0.1, 0.15) is 5.75 Å². The van der Waals surface area contributed by atoms with Gasteiger partial charge in [-0.05, 0) is 42.4 Å². The number of carboxylic acids is 1. The van der Waals surface area contributed by atoms with Crippen LogP contribution in [0.4, 0.5) is 0 Å². The van der Waals surface area contributed by atoms with Gasteiger partial charge in [0.2, 0.25) is 0 Å². The van der Waals surface area contributed by atoms with Crippen molar-refractivity contribution in [1.82, 2.24) is 0 Å². The number of rotatable bonds is 4. The van der Waals surface area contributed by atoms with Crippen LogP contribution in [0.2, 0.25) is 0 Å². The molecule has 1 fully saturated rings. The Morgan fingerprint density at radius 3 is 2.74 bits per heavy atom. The Kier molecular flexibility index (Phi) is 4.46. The first-order valence-corrected chi connectivity index (χ1v) is 7.07. The van der Waals surface area contributed by atoms with Crippen LogP contribution in [0.1, 0.15) is 49.7 Å². The highest BCUT2D eigenvalue weighted by Crippen LogP contribution is 2.39. The maximum atomic E-state index is 11.4. The summed E-state index contributed by atoms with van der Waals surface area (Å²) in [6.07, 6.45) is 4.84. The molecular formula is C16H22O3. The fourth-order valence-corrected chi connectivity index (χ4v) is 3.13. The van der Waals surface area contributed by atoms with Gasteiger partial charge in [-0.3, -0.25) is 4.79 Å². The van der Waals surface area contributed by atoms with Crippen molar-refractivity contribution in [2.24, 2.45) is 5.92 Å². The van der Waals surface area contributed by atoms with Gasteiger partial charge in [0.05, 0.1) is 13.0 Å². The number of methoxy groups -OCH3 is 1. The number of hydrogen-bond acceptors (Lipinski definition) is 2. The zero-order valence-corrected chi connectivity index (χ0v) is 11.7. The Balaban J connectivity index is 2.31. The monoisotopic (exact) mass is 262 g/mol. The number of carboxylic acid groups (broad SMARTS) is 1. The normalized spacial score (nSPS) is 23.1. The first-order chi connectivity index (χ1) is 9.17. The molecule has 0 amide bonds. The summed E-state index contributed by atoms with van der Waals surface area (Å²) in [4.78, 5) is 11.4. The molecule has 1 aromatic carbocycles. The van der Waals surface area contributed by atoms with E-state index in [0.29, 0.717) is 0 Å². The predicted octanol–water partition coefficient (Wildman–Crippen LogP) is 3.62. The first kappa shape index (κ1) is 13.9. The molecule has 104 valence electrons. The van der Waals surface area contributed by atoms with E-state index in [9.17, 15) is 9.90 Å². The molecule has 0 spiro atoms. The SMILES string of the molecule is CCc1cc(C2CCCCC2C(=O)O)ccc1OC. The summed E-state index contributed by atoms with van der Waals surface area (Å²) < 4.78 is 5.34. The fraction of sp³-hybridized carbons (Fsp3) is 0.562. The van der Waals surface area contributed by atoms with E-state index in [0.717, 1.165) is 49.0 Å². The van der Waals surface area contributed by atoms with Crippen LogP contribution in [0.3, 0.4) is 0 Å². The number of carbonyl (C=O) groups is 1. The molecule has 0 radical (unpaired) electrons. The lowest BCUT2D eigenvalue weighted by Gasteiger charge is -2.29. The van der Waals surface area contributed by atoms with Crippen molar-refractivity contribution in [2.75, 3.05) is 7.11 Å². The van der Waals surface area contributed by atoms with Crippen molar-refractivity contribution >= 4 is 5.97 Å². The van der Waals surface area contributed by atoms with Gasteiger partial charge < -0.3 is 9.84 Å². The van der Waals surface area contributed by atoms with Gasteiger partial charge in [-0.2, -0.15) is 0 Å². The van der Waals surface area contributed by atoms with E-state index >= 15 is 0 Å². The van der Waals surface area contributed by atoms with Gasteiger partial charge in [-0.1, -0.05) is 31.9 Å². The summed E-state index contributed by atoms with van der Waals surface area (Å²) in [6.45, 7) is 2.09. The van der Waals surface area contributed by atoms with Crippen molar-refractivity contribution in [3.05, 3.63) is 29.3 Å². The van der Waals surface area contributed by atoms with Crippen molar-refractivity contribution in [3.63, 3.8) is 0 Å². The van der Waals surface area contributed by atoms with Crippen LogP contribution in [0.15, 0.2) is 18.2 Å². The van der Waals surface area contributed by atoms with Gasteiger partial charge in [0.15, 0.2) is 0 Å². The third kappa shape index (κ3) is 2.91. The molecule has 0 aliphatic heterocycles. The van der Waals surface area contributed by atoms with Crippen molar-refractivity contribution < 1.29 is 14.6 Å². The first-order valence-electron chi connectivity index (χ1n) is 7.07. The number of aliphatic carboxylic acids is 1. The standard InChI is InChI=1S/C16H22O3/c1-3-11-10-12(8-9-15(11)19-2)13-6-4-5-7-14(13)16(17)18/h8-10,13-14H,3-7H2,1-2H3,(H,17,18). The van der Waals surface area contributed by atoms with Crippen LogP contribution in [-0.2, 0) is 11.2 Å². The number of ether oxygens (including phenoxy) is 1. The smallest absolute Gasteiger partial charge is 0.307 e. The molecule has 3 heteroatoms. The van der Waals surface area contributed by atoms with Crippen LogP contribution < -0.4 is 4.74 Å². The second-order valence-corrected chi connectivity index (χ2v) is 5.26. The van der Waals surface area contributed by atoms with E-state index in [-0.39, 0.29) is 11.8 Å². The van der Waals surface area contributed by atoms with Crippen LogP contribution in [0.5, 0.6) is 5.75 Å². The second kappa shape index (κ2) is 6.09. The van der Waals surface area contributed by atoms with E-state index in [1.807, 2.05) is 12.1 Å². The summed E-state index contributed by atoms with van der Waals surface area (Å²) in [5.41, 5.74) is 2.32. The van der Waals surface area contributed by atoms with Crippen molar-refractivity contribution in [2.45, 2.75) is 44.9 Å². The van der Waals surface area contributed by atoms with E-state index in [1.54, 1.807) is 7.11 Å². The molecule has 19 heavy (non-hydrogen) atoms. The van der Waals surface area contributed by atoms with Gasteiger partial charge in [0, 0.05) is 0 Å². The molecule has 1 aromatic rings. The van der Waals surface area contributed by atoms with Gasteiger partial charge in [-0.15, -0.1) is 0 Å². The molecule has 1 saturated carbocycles. The molecular weight excluding hydrogens is 240 g/mol. The van der Waals surface area contributed by atoms with Crippen LogP contribution >= 0.6 is 0 Å². The molecule has 0 heterocycles.